The zero-order valence-corrected chi connectivity index (χ0v) is 15.4. The molecule has 2 heterocycles. The average Bonchev–Trinajstić information content (AvgIpc) is 3.10. The molecule has 0 saturated carbocycles. The number of nitrogens with zero attached hydrogens (tertiary/aromatic N) is 1. The maximum Gasteiger partial charge on any atom is 0.264 e. The van der Waals surface area contributed by atoms with Crippen LogP contribution in [0.5, 0.6) is 0 Å². The van der Waals surface area contributed by atoms with Crippen LogP contribution in [0.2, 0.25) is 0 Å². The summed E-state index contributed by atoms with van der Waals surface area (Å²) in [6, 6.07) is 4.93. The van der Waals surface area contributed by atoms with Gasteiger partial charge in [0.25, 0.3) is 5.91 Å². The fourth-order valence-electron chi connectivity index (χ4n) is 3.13. The Bertz CT molecular complexity index is 752. The van der Waals surface area contributed by atoms with E-state index in [0.29, 0.717) is 35.5 Å². The largest absolute Gasteiger partial charge is 0.380 e. The molecule has 2 aromatic rings. The number of benzene rings is 1. The molecular weight excluding hydrogens is 351 g/mol. The molecule has 24 heavy (non-hydrogen) atoms. The lowest BCUT2D eigenvalue weighted by atomic mass is 9.90. The second kappa shape index (κ2) is 7.35. The van der Waals surface area contributed by atoms with Crippen molar-refractivity contribution in [1.82, 2.24) is 4.90 Å². The molecule has 3 rings (SSSR count). The molecule has 0 aliphatic carbocycles. The Morgan fingerprint density at radius 2 is 2.25 bits per heavy atom. The fourth-order valence-corrected chi connectivity index (χ4v) is 4.32. The third-order valence-electron chi connectivity index (χ3n) is 4.58. The number of methoxy groups -OCH3 is 1. The average molecular weight is 373 g/mol. The van der Waals surface area contributed by atoms with E-state index >= 15 is 0 Å². The smallest absolute Gasteiger partial charge is 0.264 e. The number of thiophene rings is 1. The van der Waals surface area contributed by atoms with Gasteiger partial charge >= 0.3 is 0 Å². The van der Waals surface area contributed by atoms with Gasteiger partial charge in [-0.2, -0.15) is 0 Å². The fraction of sp³-hybridized carbons (Fsp3) is 0.471. The number of rotatable bonds is 4. The summed E-state index contributed by atoms with van der Waals surface area (Å²) in [5.74, 6) is -0.354. The molecule has 1 saturated heterocycles. The van der Waals surface area contributed by atoms with Crippen LogP contribution in [0, 0.1) is 11.2 Å². The van der Waals surface area contributed by atoms with Crippen molar-refractivity contribution >= 4 is 39.7 Å². The summed E-state index contributed by atoms with van der Waals surface area (Å²) in [5.41, 5.74) is 6.44. The highest BCUT2D eigenvalue weighted by atomic mass is 35.5. The molecule has 1 atom stereocenters. The SMILES string of the molecule is COCc1c(C(=O)N2CCC(C)(CN)C2)sc2cccc(F)c12.Cl. The Kier molecular flexibility index (Phi) is 5.86. The molecule has 0 radical (unpaired) electrons. The van der Waals surface area contributed by atoms with E-state index in [4.69, 9.17) is 10.5 Å². The van der Waals surface area contributed by atoms with Crippen molar-refractivity contribution in [2.24, 2.45) is 11.1 Å². The second-order valence-corrected chi connectivity index (χ2v) is 7.50. The van der Waals surface area contributed by atoms with E-state index in [-0.39, 0.29) is 36.2 Å². The topological polar surface area (TPSA) is 55.6 Å². The lowest BCUT2D eigenvalue weighted by molar-refractivity contribution is 0.0777. The lowest BCUT2D eigenvalue weighted by Crippen LogP contribution is -2.34. The van der Waals surface area contributed by atoms with E-state index in [1.807, 2.05) is 11.0 Å². The Morgan fingerprint density at radius 1 is 1.50 bits per heavy atom. The van der Waals surface area contributed by atoms with Crippen LogP contribution in [0.1, 0.15) is 28.6 Å². The normalized spacial score (nSPS) is 20.4. The quantitative estimate of drug-likeness (QED) is 0.894. The maximum absolute atomic E-state index is 14.2. The van der Waals surface area contributed by atoms with Gasteiger partial charge in [0, 0.05) is 35.8 Å². The molecule has 1 aromatic carbocycles. The first-order valence-corrected chi connectivity index (χ1v) is 8.49. The molecule has 7 heteroatoms. The molecule has 1 unspecified atom stereocenters. The highest BCUT2D eigenvalue weighted by molar-refractivity contribution is 7.21. The van der Waals surface area contributed by atoms with Gasteiger partial charge in [-0.05, 0) is 30.5 Å². The first-order valence-electron chi connectivity index (χ1n) is 7.67. The van der Waals surface area contributed by atoms with E-state index < -0.39 is 0 Å². The summed E-state index contributed by atoms with van der Waals surface area (Å²) in [6.07, 6.45) is 0.897. The van der Waals surface area contributed by atoms with Gasteiger partial charge in [0.05, 0.1) is 11.5 Å². The van der Waals surface area contributed by atoms with Gasteiger partial charge in [-0.25, -0.2) is 4.39 Å². The zero-order chi connectivity index (χ0) is 16.6. The zero-order valence-electron chi connectivity index (χ0n) is 13.8. The van der Waals surface area contributed by atoms with Crippen molar-refractivity contribution in [1.29, 1.82) is 0 Å². The Hall–Kier alpha value is -1.21. The number of carbonyl (C=O) groups excluding carboxylic acids is 1. The molecule has 1 aliphatic rings. The van der Waals surface area contributed by atoms with E-state index in [9.17, 15) is 9.18 Å². The van der Waals surface area contributed by atoms with Gasteiger partial charge in [-0.3, -0.25) is 4.79 Å². The summed E-state index contributed by atoms with van der Waals surface area (Å²) in [6.45, 7) is 4.22. The molecule has 4 nitrogen and oxygen atoms in total. The summed E-state index contributed by atoms with van der Waals surface area (Å²) in [5, 5.41) is 0.503. The Labute approximate surface area is 151 Å². The van der Waals surface area contributed by atoms with E-state index in [1.165, 1.54) is 17.4 Å². The highest BCUT2D eigenvalue weighted by Crippen LogP contribution is 2.36. The molecule has 0 spiro atoms. The van der Waals surface area contributed by atoms with Gasteiger partial charge in [0.2, 0.25) is 0 Å². The van der Waals surface area contributed by atoms with Crippen molar-refractivity contribution in [2.45, 2.75) is 20.0 Å². The molecule has 0 bridgehead atoms. The number of fused-ring (bicyclic) bond motifs is 1. The third-order valence-corrected chi connectivity index (χ3v) is 5.77. The molecular formula is C17H22ClFN2O2S. The van der Waals surface area contributed by atoms with Crippen LogP contribution < -0.4 is 5.73 Å². The summed E-state index contributed by atoms with van der Waals surface area (Å²) in [4.78, 5) is 15.3. The summed E-state index contributed by atoms with van der Waals surface area (Å²) < 4.78 is 20.2. The number of likely N-dealkylation sites (tertiary alicyclic amines) is 1. The van der Waals surface area contributed by atoms with E-state index in [0.717, 1.165) is 11.1 Å². The van der Waals surface area contributed by atoms with E-state index in [2.05, 4.69) is 6.92 Å². The minimum Gasteiger partial charge on any atom is -0.380 e. The molecule has 1 amide bonds. The summed E-state index contributed by atoms with van der Waals surface area (Å²) >= 11 is 1.34. The van der Waals surface area contributed by atoms with Crippen molar-refractivity contribution < 1.29 is 13.9 Å². The highest BCUT2D eigenvalue weighted by Gasteiger charge is 2.36. The Morgan fingerprint density at radius 3 is 2.88 bits per heavy atom. The van der Waals surface area contributed by atoms with Gasteiger partial charge < -0.3 is 15.4 Å². The second-order valence-electron chi connectivity index (χ2n) is 6.45. The first-order chi connectivity index (χ1) is 11.0. The van der Waals surface area contributed by atoms with Crippen molar-refractivity contribution in [2.75, 3.05) is 26.7 Å². The van der Waals surface area contributed by atoms with Crippen LogP contribution in [0.4, 0.5) is 4.39 Å². The number of halogens is 2. The molecule has 1 fully saturated rings. The number of ether oxygens (including phenoxy) is 1. The molecule has 1 aliphatic heterocycles. The first kappa shape index (κ1) is 19.1. The predicted molar refractivity (Wildman–Crippen MR) is 97.4 cm³/mol. The van der Waals surface area contributed by atoms with Crippen LogP contribution in [0.3, 0.4) is 0 Å². The predicted octanol–water partition coefficient (Wildman–Crippen LogP) is 3.42. The van der Waals surface area contributed by atoms with Crippen LogP contribution >= 0.6 is 23.7 Å². The van der Waals surface area contributed by atoms with E-state index in [1.54, 1.807) is 13.2 Å². The van der Waals surface area contributed by atoms with Gasteiger partial charge in [0.15, 0.2) is 0 Å². The number of amides is 1. The van der Waals surface area contributed by atoms with Crippen molar-refractivity contribution in [3.05, 3.63) is 34.5 Å². The maximum atomic E-state index is 14.2. The lowest BCUT2D eigenvalue weighted by Gasteiger charge is -2.22. The number of hydrogen-bond donors (Lipinski definition) is 1. The standard InChI is InChI=1S/C17H21FN2O2S.ClH/c1-17(9-19)6-7-20(10-17)16(21)15-11(8-22-2)14-12(18)4-3-5-13(14)23-15;/h3-5H,6-10,19H2,1-2H3;1H. The number of carbonyl (C=O) groups is 1. The van der Waals surface area contributed by atoms with Crippen molar-refractivity contribution in [3.63, 3.8) is 0 Å². The van der Waals surface area contributed by atoms with Crippen molar-refractivity contribution in [3.8, 4) is 0 Å². The third kappa shape index (κ3) is 3.28. The van der Waals surface area contributed by atoms with Gasteiger partial charge in [0.1, 0.15) is 5.82 Å². The molecule has 132 valence electrons. The molecule has 1 aromatic heterocycles. The Balaban J connectivity index is 0.00000208. The van der Waals surface area contributed by atoms with Crippen LogP contribution in [0.25, 0.3) is 10.1 Å². The van der Waals surface area contributed by atoms with Gasteiger partial charge in [-0.1, -0.05) is 13.0 Å². The minimum atomic E-state index is -0.307. The monoisotopic (exact) mass is 372 g/mol. The number of hydrogen-bond acceptors (Lipinski definition) is 4. The molecule has 2 N–H and O–H groups in total. The van der Waals surface area contributed by atoms with Crippen LogP contribution in [-0.2, 0) is 11.3 Å². The van der Waals surface area contributed by atoms with Gasteiger partial charge in [-0.15, -0.1) is 23.7 Å². The number of nitrogens with two attached hydrogens (primary N) is 1. The van der Waals surface area contributed by atoms with Crippen LogP contribution in [0.15, 0.2) is 18.2 Å². The minimum absolute atomic E-state index is 0. The van der Waals surface area contributed by atoms with Crippen LogP contribution in [-0.4, -0.2) is 37.6 Å². The summed E-state index contributed by atoms with van der Waals surface area (Å²) in [7, 11) is 1.56.